The van der Waals surface area contributed by atoms with Crippen LogP contribution >= 0.6 is 0 Å². The van der Waals surface area contributed by atoms with Gasteiger partial charge >= 0.3 is 5.97 Å². The molecule has 0 radical (unpaired) electrons. The van der Waals surface area contributed by atoms with Crippen LogP contribution in [-0.4, -0.2) is 29.6 Å². The number of aryl methyl sites for hydroxylation is 1. The lowest BCUT2D eigenvalue weighted by Crippen LogP contribution is -2.28. The topological polar surface area (TPSA) is 60.3 Å². The number of rotatable bonds is 5. The van der Waals surface area contributed by atoms with Gasteiger partial charge in [0.2, 0.25) is 0 Å². The lowest BCUT2D eigenvalue weighted by atomic mass is 10.2. The second-order valence-electron chi connectivity index (χ2n) is 4.26. The molecule has 0 aliphatic carbocycles. The summed E-state index contributed by atoms with van der Waals surface area (Å²) in [5.41, 5.74) is 1.07. The van der Waals surface area contributed by atoms with Gasteiger partial charge in [0.05, 0.1) is 6.54 Å². The maximum Gasteiger partial charge on any atom is 0.354 e. The van der Waals surface area contributed by atoms with E-state index in [1.165, 1.54) is 0 Å². The maximum absolute atomic E-state index is 11.7. The monoisotopic (exact) mass is 272 g/mol. The average molecular weight is 272 g/mol. The molecule has 2 aromatic rings. The number of hydrogen-bond acceptors (Lipinski definition) is 3. The normalized spacial score (nSPS) is 10.1. The standard InChI is InChI=1S/C15H16N2O3/c1-17-10-5-8-13(17)15(19)20-11-9-16-14(18)12-6-3-2-4-7-12/h2-8,10H,9,11H2,1H3,(H,16,18). The molecular formula is C15H16N2O3. The Bertz CT molecular complexity index is 590. The van der Waals surface area contributed by atoms with Gasteiger partial charge < -0.3 is 14.6 Å². The van der Waals surface area contributed by atoms with Crippen molar-refractivity contribution < 1.29 is 14.3 Å². The first-order chi connectivity index (χ1) is 9.68. The van der Waals surface area contributed by atoms with Crippen molar-refractivity contribution in [3.05, 3.63) is 59.9 Å². The van der Waals surface area contributed by atoms with Crippen molar-refractivity contribution in [1.29, 1.82) is 0 Å². The van der Waals surface area contributed by atoms with Crippen LogP contribution in [0.15, 0.2) is 48.7 Å². The Morgan fingerprint density at radius 1 is 1.15 bits per heavy atom. The molecule has 1 heterocycles. The summed E-state index contributed by atoms with van der Waals surface area (Å²) in [4.78, 5) is 23.4. The van der Waals surface area contributed by atoms with Gasteiger partial charge in [-0.1, -0.05) is 18.2 Å². The van der Waals surface area contributed by atoms with Gasteiger partial charge in [0, 0.05) is 18.8 Å². The summed E-state index contributed by atoms with van der Waals surface area (Å²) in [6, 6.07) is 12.3. The van der Waals surface area contributed by atoms with Gasteiger partial charge in [-0.05, 0) is 24.3 Å². The number of ether oxygens (including phenoxy) is 1. The summed E-state index contributed by atoms with van der Waals surface area (Å²) in [6.45, 7) is 0.423. The number of carbonyl (C=O) groups is 2. The summed E-state index contributed by atoms with van der Waals surface area (Å²) in [5, 5.41) is 2.69. The highest BCUT2D eigenvalue weighted by molar-refractivity contribution is 5.94. The average Bonchev–Trinajstić information content (AvgIpc) is 2.90. The molecule has 0 atom stereocenters. The van der Waals surface area contributed by atoms with Gasteiger partial charge in [-0.15, -0.1) is 0 Å². The number of benzene rings is 1. The lowest BCUT2D eigenvalue weighted by Gasteiger charge is -2.07. The Balaban J connectivity index is 1.73. The van der Waals surface area contributed by atoms with Crippen molar-refractivity contribution >= 4 is 11.9 Å². The highest BCUT2D eigenvalue weighted by Crippen LogP contribution is 2.01. The molecule has 104 valence electrons. The van der Waals surface area contributed by atoms with Crippen molar-refractivity contribution in [2.45, 2.75) is 0 Å². The van der Waals surface area contributed by atoms with E-state index in [-0.39, 0.29) is 19.1 Å². The molecule has 1 amide bonds. The van der Waals surface area contributed by atoms with E-state index in [0.29, 0.717) is 11.3 Å². The molecule has 1 aromatic heterocycles. The zero-order valence-corrected chi connectivity index (χ0v) is 11.2. The first-order valence-electron chi connectivity index (χ1n) is 6.30. The molecule has 0 saturated carbocycles. The number of nitrogens with one attached hydrogen (secondary N) is 1. The third-order valence-corrected chi connectivity index (χ3v) is 2.81. The van der Waals surface area contributed by atoms with Crippen LogP contribution in [0.2, 0.25) is 0 Å². The van der Waals surface area contributed by atoms with Crippen LogP contribution in [0.5, 0.6) is 0 Å². The predicted molar refractivity (Wildman–Crippen MR) is 74.5 cm³/mol. The van der Waals surface area contributed by atoms with Crippen LogP contribution in [0.4, 0.5) is 0 Å². The zero-order chi connectivity index (χ0) is 14.4. The van der Waals surface area contributed by atoms with Crippen LogP contribution in [0.25, 0.3) is 0 Å². The van der Waals surface area contributed by atoms with Crippen LogP contribution in [0, 0.1) is 0 Å². The van der Waals surface area contributed by atoms with Crippen molar-refractivity contribution in [2.75, 3.05) is 13.2 Å². The first-order valence-corrected chi connectivity index (χ1v) is 6.30. The summed E-state index contributed by atoms with van der Waals surface area (Å²) in [5.74, 6) is -0.577. The Morgan fingerprint density at radius 3 is 2.55 bits per heavy atom. The van der Waals surface area contributed by atoms with Crippen LogP contribution in [0.3, 0.4) is 0 Å². The molecular weight excluding hydrogens is 256 g/mol. The van der Waals surface area contributed by atoms with Gasteiger partial charge in [0.25, 0.3) is 5.91 Å². The molecule has 0 aliphatic heterocycles. The molecule has 0 spiro atoms. The van der Waals surface area contributed by atoms with E-state index in [2.05, 4.69) is 5.32 Å². The first kappa shape index (κ1) is 13.9. The quantitative estimate of drug-likeness (QED) is 0.664. The Labute approximate surface area is 117 Å². The van der Waals surface area contributed by atoms with Crippen molar-refractivity contribution in [3.8, 4) is 0 Å². The second kappa shape index (κ2) is 6.56. The number of hydrogen-bond donors (Lipinski definition) is 1. The zero-order valence-electron chi connectivity index (χ0n) is 11.2. The Kier molecular flexibility index (Phi) is 4.55. The minimum atomic E-state index is -0.397. The van der Waals surface area contributed by atoms with E-state index in [1.807, 2.05) is 6.07 Å². The largest absolute Gasteiger partial charge is 0.459 e. The number of aromatic nitrogens is 1. The molecule has 5 nitrogen and oxygen atoms in total. The van der Waals surface area contributed by atoms with E-state index in [1.54, 1.807) is 54.2 Å². The smallest absolute Gasteiger partial charge is 0.354 e. The molecule has 0 fully saturated rings. The summed E-state index contributed by atoms with van der Waals surface area (Å²) in [6.07, 6.45) is 1.77. The van der Waals surface area contributed by atoms with Crippen molar-refractivity contribution in [1.82, 2.24) is 9.88 Å². The van der Waals surface area contributed by atoms with E-state index in [4.69, 9.17) is 4.74 Å². The third-order valence-electron chi connectivity index (χ3n) is 2.81. The Morgan fingerprint density at radius 2 is 1.90 bits per heavy atom. The highest BCUT2D eigenvalue weighted by atomic mass is 16.5. The maximum atomic E-state index is 11.7. The summed E-state index contributed by atoms with van der Waals surface area (Å²) < 4.78 is 6.76. The molecule has 1 N–H and O–H groups in total. The molecule has 5 heteroatoms. The van der Waals surface area contributed by atoms with Crippen LogP contribution in [0.1, 0.15) is 20.8 Å². The minimum Gasteiger partial charge on any atom is -0.459 e. The number of amides is 1. The van der Waals surface area contributed by atoms with Crippen LogP contribution in [-0.2, 0) is 11.8 Å². The van der Waals surface area contributed by atoms with E-state index in [0.717, 1.165) is 0 Å². The molecule has 2 rings (SSSR count). The fourth-order valence-electron chi connectivity index (χ4n) is 1.75. The van der Waals surface area contributed by atoms with Gasteiger partial charge in [0.1, 0.15) is 12.3 Å². The fourth-order valence-corrected chi connectivity index (χ4v) is 1.75. The van der Waals surface area contributed by atoms with Crippen molar-refractivity contribution in [2.24, 2.45) is 7.05 Å². The predicted octanol–water partition coefficient (Wildman–Crippen LogP) is 1.61. The number of esters is 1. The van der Waals surface area contributed by atoms with Gasteiger partial charge in [-0.25, -0.2) is 4.79 Å². The lowest BCUT2D eigenvalue weighted by molar-refractivity contribution is 0.0492. The molecule has 0 saturated heterocycles. The third kappa shape index (κ3) is 3.47. The molecule has 1 aromatic carbocycles. The number of carbonyl (C=O) groups excluding carboxylic acids is 2. The van der Waals surface area contributed by atoms with Gasteiger partial charge in [-0.3, -0.25) is 4.79 Å². The minimum absolute atomic E-state index is 0.141. The Hall–Kier alpha value is -2.56. The van der Waals surface area contributed by atoms with Gasteiger partial charge in [0.15, 0.2) is 0 Å². The van der Waals surface area contributed by atoms with E-state index < -0.39 is 5.97 Å². The fraction of sp³-hybridized carbons (Fsp3) is 0.200. The highest BCUT2D eigenvalue weighted by Gasteiger charge is 2.10. The van der Waals surface area contributed by atoms with Crippen LogP contribution < -0.4 is 5.32 Å². The number of nitrogens with zero attached hydrogens (tertiary/aromatic N) is 1. The van der Waals surface area contributed by atoms with Crippen molar-refractivity contribution in [3.63, 3.8) is 0 Å². The summed E-state index contributed by atoms with van der Waals surface area (Å²) in [7, 11) is 1.77. The molecule has 20 heavy (non-hydrogen) atoms. The second-order valence-corrected chi connectivity index (χ2v) is 4.26. The molecule has 0 bridgehead atoms. The SMILES string of the molecule is Cn1cccc1C(=O)OCCNC(=O)c1ccccc1. The molecule has 0 aliphatic rings. The summed E-state index contributed by atoms with van der Waals surface area (Å²) >= 11 is 0. The van der Waals surface area contributed by atoms with Gasteiger partial charge in [-0.2, -0.15) is 0 Å². The van der Waals surface area contributed by atoms with E-state index >= 15 is 0 Å². The van der Waals surface area contributed by atoms with E-state index in [9.17, 15) is 9.59 Å². The molecule has 0 unspecified atom stereocenters.